The maximum absolute atomic E-state index is 11.7. The molecule has 1 aliphatic rings. The Labute approximate surface area is 113 Å². The van der Waals surface area contributed by atoms with E-state index in [2.05, 4.69) is 15.8 Å². The second-order valence-electron chi connectivity index (χ2n) is 5.15. The Morgan fingerprint density at radius 2 is 2.26 bits per heavy atom. The molecular weight excluding hydrogens is 248 g/mol. The molecule has 5 N–H and O–H groups in total. The number of carbonyl (C=O) groups is 1. The van der Waals surface area contributed by atoms with Crippen molar-refractivity contribution in [2.45, 2.75) is 32.2 Å². The van der Waals surface area contributed by atoms with Crippen molar-refractivity contribution in [3.8, 4) is 0 Å². The fourth-order valence-electron chi connectivity index (χ4n) is 1.90. The normalized spacial score (nSPS) is 18.9. The summed E-state index contributed by atoms with van der Waals surface area (Å²) in [5, 5.41) is 17.6. The molecule has 19 heavy (non-hydrogen) atoms. The smallest absolute Gasteiger partial charge is 0.236 e. The number of amides is 1. The number of methoxy groups -OCH3 is 1. The molecule has 0 heterocycles. The fourth-order valence-corrected chi connectivity index (χ4v) is 1.90. The van der Waals surface area contributed by atoms with Crippen molar-refractivity contribution >= 4 is 11.7 Å². The first-order chi connectivity index (χ1) is 9.03. The zero-order chi connectivity index (χ0) is 14.3. The van der Waals surface area contributed by atoms with Crippen LogP contribution in [-0.2, 0) is 9.53 Å². The van der Waals surface area contributed by atoms with Crippen LogP contribution in [0.3, 0.4) is 0 Å². The summed E-state index contributed by atoms with van der Waals surface area (Å²) in [4.78, 5) is 11.7. The molecule has 0 aliphatic heterocycles. The average molecular weight is 272 g/mol. The molecule has 1 fully saturated rings. The Balaban J connectivity index is 2.26. The van der Waals surface area contributed by atoms with Crippen molar-refractivity contribution in [3.63, 3.8) is 0 Å². The molecule has 0 radical (unpaired) electrons. The van der Waals surface area contributed by atoms with Crippen LogP contribution in [0.25, 0.3) is 0 Å². The van der Waals surface area contributed by atoms with Gasteiger partial charge in [0.25, 0.3) is 0 Å². The van der Waals surface area contributed by atoms with E-state index in [4.69, 9.17) is 15.7 Å². The van der Waals surface area contributed by atoms with Gasteiger partial charge in [-0.15, -0.1) is 0 Å². The molecule has 0 saturated heterocycles. The highest BCUT2D eigenvalue weighted by atomic mass is 16.5. The van der Waals surface area contributed by atoms with Crippen LogP contribution < -0.4 is 16.4 Å². The number of rotatable bonds is 9. The molecule has 7 nitrogen and oxygen atoms in total. The number of hydrogen-bond acceptors (Lipinski definition) is 5. The second kappa shape index (κ2) is 7.30. The average Bonchev–Trinajstić information content (AvgIpc) is 3.16. The molecule has 1 amide bonds. The molecule has 110 valence electrons. The molecule has 1 rings (SSSR count). The van der Waals surface area contributed by atoms with Crippen molar-refractivity contribution in [1.29, 1.82) is 0 Å². The molecule has 0 bridgehead atoms. The number of carbonyl (C=O) groups excluding carboxylic acids is 1. The minimum absolute atomic E-state index is 0.0448. The van der Waals surface area contributed by atoms with Crippen LogP contribution in [0, 0.1) is 5.41 Å². The Morgan fingerprint density at radius 1 is 1.58 bits per heavy atom. The van der Waals surface area contributed by atoms with E-state index in [-0.39, 0.29) is 23.2 Å². The van der Waals surface area contributed by atoms with E-state index in [9.17, 15) is 4.79 Å². The lowest BCUT2D eigenvalue weighted by atomic mass is 10.0. The summed E-state index contributed by atoms with van der Waals surface area (Å²) in [6.07, 6.45) is 2.64. The van der Waals surface area contributed by atoms with Gasteiger partial charge >= 0.3 is 0 Å². The third-order valence-corrected chi connectivity index (χ3v) is 3.42. The first-order valence-corrected chi connectivity index (χ1v) is 6.49. The number of hydrogen-bond donors (Lipinski definition) is 4. The maximum atomic E-state index is 11.7. The molecule has 1 atom stereocenters. The highest BCUT2D eigenvalue weighted by Gasteiger charge is 2.43. The zero-order valence-electron chi connectivity index (χ0n) is 11.6. The summed E-state index contributed by atoms with van der Waals surface area (Å²) in [6, 6.07) is -0.262. The molecule has 0 aromatic rings. The summed E-state index contributed by atoms with van der Waals surface area (Å²) in [6.45, 7) is 3.53. The van der Waals surface area contributed by atoms with Crippen LogP contribution in [0.15, 0.2) is 5.16 Å². The molecule has 1 saturated carbocycles. The quantitative estimate of drug-likeness (QED) is 0.151. The van der Waals surface area contributed by atoms with Gasteiger partial charge in [-0.2, -0.15) is 0 Å². The topological polar surface area (TPSA) is 109 Å². The standard InChI is InChI=1S/C12H24N4O3/c1-9(11(17)14-5-6-19-2)15-8-12(3-4-12)7-10(13)16-18/h9,15,18H,3-8H2,1-2H3,(H2,13,16)(H,14,17). The lowest BCUT2D eigenvalue weighted by Gasteiger charge is -2.19. The predicted octanol–water partition coefficient (Wildman–Crippen LogP) is -0.356. The Kier molecular flexibility index (Phi) is 6.04. The summed E-state index contributed by atoms with van der Waals surface area (Å²) < 4.78 is 4.87. The van der Waals surface area contributed by atoms with E-state index in [1.165, 1.54) is 0 Å². The lowest BCUT2D eigenvalue weighted by molar-refractivity contribution is -0.123. The van der Waals surface area contributed by atoms with Gasteiger partial charge in [0.05, 0.1) is 12.6 Å². The van der Waals surface area contributed by atoms with Crippen molar-refractivity contribution in [3.05, 3.63) is 0 Å². The number of nitrogens with zero attached hydrogens (tertiary/aromatic N) is 1. The van der Waals surface area contributed by atoms with Crippen molar-refractivity contribution in [2.24, 2.45) is 16.3 Å². The van der Waals surface area contributed by atoms with E-state index in [0.29, 0.717) is 26.1 Å². The fraction of sp³-hybridized carbons (Fsp3) is 0.833. The Bertz CT molecular complexity index is 329. The largest absolute Gasteiger partial charge is 0.409 e. The van der Waals surface area contributed by atoms with Crippen molar-refractivity contribution in [2.75, 3.05) is 26.8 Å². The molecule has 0 aromatic heterocycles. The Hall–Kier alpha value is -1.34. The lowest BCUT2D eigenvalue weighted by Crippen LogP contribution is -2.45. The molecule has 0 aromatic carbocycles. The van der Waals surface area contributed by atoms with Crippen LogP contribution in [0.5, 0.6) is 0 Å². The monoisotopic (exact) mass is 272 g/mol. The van der Waals surface area contributed by atoms with Crippen LogP contribution >= 0.6 is 0 Å². The van der Waals surface area contributed by atoms with Gasteiger partial charge in [0.2, 0.25) is 5.91 Å². The third kappa shape index (κ3) is 5.44. The van der Waals surface area contributed by atoms with Crippen molar-refractivity contribution < 1.29 is 14.7 Å². The third-order valence-electron chi connectivity index (χ3n) is 3.42. The summed E-state index contributed by atoms with van der Waals surface area (Å²) in [7, 11) is 1.60. The SMILES string of the molecule is COCCNC(=O)C(C)NCC1(CC(N)=NO)CC1. The number of nitrogens with one attached hydrogen (secondary N) is 2. The molecule has 0 spiro atoms. The van der Waals surface area contributed by atoms with Crippen LogP contribution in [0.4, 0.5) is 0 Å². The number of ether oxygens (including phenoxy) is 1. The number of oxime groups is 1. The van der Waals surface area contributed by atoms with Gasteiger partial charge in [-0.05, 0) is 25.2 Å². The van der Waals surface area contributed by atoms with Gasteiger partial charge in [0, 0.05) is 26.6 Å². The second-order valence-corrected chi connectivity index (χ2v) is 5.15. The first-order valence-electron chi connectivity index (χ1n) is 6.49. The summed E-state index contributed by atoms with van der Waals surface area (Å²) >= 11 is 0. The van der Waals surface area contributed by atoms with Crippen LogP contribution in [-0.4, -0.2) is 49.8 Å². The van der Waals surface area contributed by atoms with Gasteiger partial charge in [-0.1, -0.05) is 5.16 Å². The number of nitrogens with two attached hydrogens (primary N) is 1. The van der Waals surface area contributed by atoms with E-state index in [1.807, 2.05) is 6.92 Å². The minimum atomic E-state index is -0.262. The van der Waals surface area contributed by atoms with Gasteiger partial charge in [0.15, 0.2) is 0 Å². The molecule has 1 unspecified atom stereocenters. The van der Waals surface area contributed by atoms with Gasteiger partial charge in [-0.25, -0.2) is 0 Å². The molecule has 1 aliphatic carbocycles. The van der Waals surface area contributed by atoms with Crippen LogP contribution in [0.1, 0.15) is 26.2 Å². The molecular formula is C12H24N4O3. The van der Waals surface area contributed by atoms with E-state index in [1.54, 1.807) is 7.11 Å². The summed E-state index contributed by atoms with van der Waals surface area (Å²) in [5.74, 6) is 0.202. The van der Waals surface area contributed by atoms with Gasteiger partial charge in [-0.3, -0.25) is 4.79 Å². The zero-order valence-corrected chi connectivity index (χ0v) is 11.6. The van der Waals surface area contributed by atoms with Crippen molar-refractivity contribution in [1.82, 2.24) is 10.6 Å². The number of amidine groups is 1. The first kappa shape index (κ1) is 15.7. The van der Waals surface area contributed by atoms with Gasteiger partial charge in [0.1, 0.15) is 5.84 Å². The highest BCUT2D eigenvalue weighted by molar-refractivity contribution is 5.81. The van der Waals surface area contributed by atoms with Gasteiger partial charge < -0.3 is 26.3 Å². The molecule has 7 heteroatoms. The predicted molar refractivity (Wildman–Crippen MR) is 72.0 cm³/mol. The van der Waals surface area contributed by atoms with E-state index in [0.717, 1.165) is 12.8 Å². The summed E-state index contributed by atoms with van der Waals surface area (Å²) in [5.41, 5.74) is 5.58. The Morgan fingerprint density at radius 3 is 2.79 bits per heavy atom. The van der Waals surface area contributed by atoms with E-state index < -0.39 is 0 Å². The van der Waals surface area contributed by atoms with E-state index >= 15 is 0 Å². The minimum Gasteiger partial charge on any atom is -0.409 e. The van der Waals surface area contributed by atoms with Crippen LogP contribution in [0.2, 0.25) is 0 Å². The maximum Gasteiger partial charge on any atom is 0.236 e. The highest BCUT2D eigenvalue weighted by Crippen LogP contribution is 2.48.